The van der Waals surface area contributed by atoms with Crippen LogP contribution in [-0.4, -0.2) is 39.5 Å². The SMILES string of the molecule is [B]C1OC2COCO[C@H]2[C@H]1CCCC. The van der Waals surface area contributed by atoms with Crippen molar-refractivity contribution in [3.8, 4) is 0 Å². The van der Waals surface area contributed by atoms with Crippen LogP contribution in [0.4, 0.5) is 0 Å². The summed E-state index contributed by atoms with van der Waals surface area (Å²) >= 11 is 0. The molecule has 0 spiro atoms. The lowest BCUT2D eigenvalue weighted by Gasteiger charge is -2.28. The zero-order valence-corrected chi connectivity index (χ0v) is 8.65. The molecule has 14 heavy (non-hydrogen) atoms. The predicted molar refractivity (Wildman–Crippen MR) is 53.1 cm³/mol. The van der Waals surface area contributed by atoms with Crippen LogP contribution in [0.2, 0.25) is 0 Å². The topological polar surface area (TPSA) is 27.7 Å². The van der Waals surface area contributed by atoms with Crippen LogP contribution in [0.15, 0.2) is 0 Å². The van der Waals surface area contributed by atoms with Crippen LogP contribution in [0.5, 0.6) is 0 Å². The highest BCUT2D eigenvalue weighted by Gasteiger charge is 2.43. The highest BCUT2D eigenvalue weighted by atomic mass is 16.7. The van der Waals surface area contributed by atoms with Gasteiger partial charge in [-0.3, -0.25) is 0 Å². The van der Waals surface area contributed by atoms with Crippen molar-refractivity contribution in [1.29, 1.82) is 0 Å². The fourth-order valence-corrected chi connectivity index (χ4v) is 2.27. The first-order valence-corrected chi connectivity index (χ1v) is 5.43. The summed E-state index contributed by atoms with van der Waals surface area (Å²) in [6.45, 7) is 3.20. The standard InChI is InChI=1S/C10H17BO3/c1-2-3-4-7-9-8(14-10(7)11)5-12-6-13-9/h7-10H,2-6H2,1H3/t7-,8?,9+,10?/m1/s1. The fraction of sp³-hybridized carbons (Fsp3) is 1.00. The lowest BCUT2D eigenvalue weighted by Crippen LogP contribution is -2.39. The molecule has 4 atom stereocenters. The maximum atomic E-state index is 5.92. The van der Waals surface area contributed by atoms with E-state index in [4.69, 9.17) is 22.1 Å². The molecule has 0 N–H and O–H groups in total. The van der Waals surface area contributed by atoms with Crippen LogP contribution >= 0.6 is 0 Å². The molecule has 0 aliphatic carbocycles. The average molecular weight is 196 g/mol. The molecule has 2 unspecified atom stereocenters. The van der Waals surface area contributed by atoms with Crippen molar-refractivity contribution in [3.05, 3.63) is 0 Å². The molecule has 2 aliphatic heterocycles. The Bertz CT molecular complexity index is 188. The molecule has 2 radical (unpaired) electrons. The van der Waals surface area contributed by atoms with Gasteiger partial charge in [-0.2, -0.15) is 0 Å². The van der Waals surface area contributed by atoms with Gasteiger partial charge in [0.1, 0.15) is 20.7 Å². The Balaban J connectivity index is 1.93. The third-order valence-electron chi connectivity index (χ3n) is 3.06. The van der Waals surface area contributed by atoms with Crippen molar-refractivity contribution < 1.29 is 14.2 Å². The van der Waals surface area contributed by atoms with Crippen LogP contribution in [-0.2, 0) is 14.2 Å². The molecule has 2 saturated heterocycles. The van der Waals surface area contributed by atoms with Gasteiger partial charge in [0.05, 0.1) is 12.7 Å². The predicted octanol–water partition coefficient (Wildman–Crippen LogP) is 1.06. The summed E-state index contributed by atoms with van der Waals surface area (Å²) in [4.78, 5) is 0. The number of hydrogen-bond acceptors (Lipinski definition) is 3. The van der Waals surface area contributed by atoms with E-state index in [0.29, 0.717) is 19.3 Å². The average Bonchev–Trinajstić information content (AvgIpc) is 2.51. The van der Waals surface area contributed by atoms with E-state index < -0.39 is 0 Å². The third kappa shape index (κ3) is 1.97. The Labute approximate surface area is 86.5 Å². The summed E-state index contributed by atoms with van der Waals surface area (Å²) in [5.41, 5.74) is 0. The van der Waals surface area contributed by atoms with E-state index in [2.05, 4.69) is 6.92 Å². The molecule has 2 aliphatic rings. The molecule has 2 rings (SSSR count). The van der Waals surface area contributed by atoms with E-state index in [0.717, 1.165) is 6.42 Å². The minimum atomic E-state index is -0.168. The summed E-state index contributed by atoms with van der Waals surface area (Å²) in [7, 11) is 5.92. The number of fused-ring (bicyclic) bond motifs is 1. The van der Waals surface area contributed by atoms with E-state index >= 15 is 0 Å². The van der Waals surface area contributed by atoms with Crippen LogP contribution in [0.3, 0.4) is 0 Å². The molecule has 0 aromatic carbocycles. The van der Waals surface area contributed by atoms with Crippen LogP contribution < -0.4 is 0 Å². The zero-order valence-electron chi connectivity index (χ0n) is 8.65. The van der Waals surface area contributed by atoms with Gasteiger partial charge in [0, 0.05) is 11.9 Å². The second-order valence-electron chi connectivity index (χ2n) is 4.07. The summed E-state index contributed by atoms with van der Waals surface area (Å²) in [5, 5.41) is 0. The highest BCUT2D eigenvalue weighted by molar-refractivity contribution is 6.11. The molecule has 2 heterocycles. The second kappa shape index (κ2) is 4.64. The Hall–Kier alpha value is -0.0551. The van der Waals surface area contributed by atoms with Gasteiger partial charge in [0.15, 0.2) is 0 Å². The van der Waals surface area contributed by atoms with Gasteiger partial charge in [0.2, 0.25) is 0 Å². The van der Waals surface area contributed by atoms with E-state index in [1.165, 1.54) is 12.8 Å². The molecule has 4 heteroatoms. The van der Waals surface area contributed by atoms with Gasteiger partial charge in [0.25, 0.3) is 0 Å². The molecule has 0 saturated carbocycles. The van der Waals surface area contributed by atoms with Gasteiger partial charge >= 0.3 is 0 Å². The largest absolute Gasteiger partial charge is 0.379 e. The van der Waals surface area contributed by atoms with E-state index in [-0.39, 0.29) is 18.2 Å². The number of unbranched alkanes of at least 4 members (excludes halogenated alkanes) is 1. The van der Waals surface area contributed by atoms with Crippen LogP contribution in [0.25, 0.3) is 0 Å². The van der Waals surface area contributed by atoms with Gasteiger partial charge in [-0.15, -0.1) is 0 Å². The molecule has 78 valence electrons. The summed E-state index contributed by atoms with van der Waals surface area (Å²) in [5.74, 6) is 0.351. The monoisotopic (exact) mass is 196 g/mol. The van der Waals surface area contributed by atoms with Crippen LogP contribution in [0.1, 0.15) is 26.2 Å². The molecule has 0 aromatic heterocycles. The Morgan fingerprint density at radius 1 is 1.43 bits per heavy atom. The minimum Gasteiger partial charge on any atom is -0.379 e. The molecule has 0 aromatic rings. The third-order valence-corrected chi connectivity index (χ3v) is 3.06. The molecular weight excluding hydrogens is 179 g/mol. The van der Waals surface area contributed by atoms with Crippen molar-refractivity contribution in [3.63, 3.8) is 0 Å². The van der Waals surface area contributed by atoms with Gasteiger partial charge in [-0.1, -0.05) is 19.8 Å². The first-order chi connectivity index (χ1) is 6.83. The van der Waals surface area contributed by atoms with Crippen molar-refractivity contribution in [1.82, 2.24) is 0 Å². The Kier molecular flexibility index (Phi) is 3.47. The van der Waals surface area contributed by atoms with Crippen molar-refractivity contribution in [2.24, 2.45) is 5.92 Å². The highest BCUT2D eigenvalue weighted by Crippen LogP contribution is 2.33. The molecule has 2 fully saturated rings. The lowest BCUT2D eigenvalue weighted by molar-refractivity contribution is -0.183. The lowest BCUT2D eigenvalue weighted by atomic mass is 9.81. The smallest absolute Gasteiger partial charge is 0.147 e. The van der Waals surface area contributed by atoms with E-state index in [1.54, 1.807) is 0 Å². The van der Waals surface area contributed by atoms with Crippen molar-refractivity contribution in [2.75, 3.05) is 13.4 Å². The van der Waals surface area contributed by atoms with Crippen LogP contribution in [0, 0.1) is 5.92 Å². The van der Waals surface area contributed by atoms with E-state index in [1.807, 2.05) is 0 Å². The maximum absolute atomic E-state index is 5.92. The second-order valence-corrected chi connectivity index (χ2v) is 4.07. The normalized spacial score (nSPS) is 42.4. The quantitative estimate of drug-likeness (QED) is 0.631. The molecule has 0 amide bonds. The number of ether oxygens (including phenoxy) is 3. The number of hydrogen-bond donors (Lipinski definition) is 0. The Morgan fingerprint density at radius 2 is 2.29 bits per heavy atom. The fourth-order valence-electron chi connectivity index (χ4n) is 2.27. The van der Waals surface area contributed by atoms with Gasteiger partial charge < -0.3 is 14.2 Å². The van der Waals surface area contributed by atoms with E-state index in [9.17, 15) is 0 Å². The van der Waals surface area contributed by atoms with Crippen molar-refractivity contribution >= 4 is 7.85 Å². The Morgan fingerprint density at radius 3 is 3.07 bits per heavy atom. The van der Waals surface area contributed by atoms with Crippen molar-refractivity contribution in [2.45, 2.75) is 44.4 Å². The molecule has 0 bridgehead atoms. The summed E-state index contributed by atoms with van der Waals surface area (Å²) in [6, 6.07) is -0.168. The number of rotatable bonds is 3. The zero-order chi connectivity index (χ0) is 9.97. The minimum absolute atomic E-state index is 0.0561. The van der Waals surface area contributed by atoms with Gasteiger partial charge in [-0.05, 0) is 6.42 Å². The molecule has 3 nitrogen and oxygen atoms in total. The summed E-state index contributed by atoms with van der Waals surface area (Å²) in [6.07, 6.45) is 3.69. The summed E-state index contributed by atoms with van der Waals surface area (Å²) < 4.78 is 16.3. The molecular formula is C10H17BO3. The first-order valence-electron chi connectivity index (χ1n) is 5.43. The first kappa shape index (κ1) is 10.5. The maximum Gasteiger partial charge on any atom is 0.147 e. The van der Waals surface area contributed by atoms with Gasteiger partial charge in [-0.25, -0.2) is 0 Å².